The van der Waals surface area contributed by atoms with Gasteiger partial charge in [-0.1, -0.05) is 11.6 Å². The van der Waals surface area contributed by atoms with Gasteiger partial charge >= 0.3 is 0 Å². The highest BCUT2D eigenvalue weighted by atomic mass is 35.5. The summed E-state index contributed by atoms with van der Waals surface area (Å²) >= 11 is 5.59. The van der Waals surface area contributed by atoms with Gasteiger partial charge in [0.15, 0.2) is 0 Å². The van der Waals surface area contributed by atoms with Crippen LogP contribution in [0.2, 0.25) is 5.02 Å². The van der Waals surface area contributed by atoms with Crippen LogP contribution in [0.5, 0.6) is 0 Å². The lowest BCUT2D eigenvalue weighted by atomic mass is 9.82. The molecular weight excluding hydrogens is 267 g/mol. The van der Waals surface area contributed by atoms with Crippen LogP contribution in [-0.4, -0.2) is 23.9 Å². The third kappa shape index (κ3) is 2.87. The van der Waals surface area contributed by atoms with Crippen molar-refractivity contribution >= 4 is 17.5 Å². The number of likely N-dealkylation sites (tertiary alicyclic amines) is 1. The van der Waals surface area contributed by atoms with E-state index in [1.54, 1.807) is 4.90 Å². The number of carbonyl (C=O) groups excluding carboxylic acids is 1. The van der Waals surface area contributed by atoms with Crippen LogP contribution in [0.25, 0.3) is 0 Å². The van der Waals surface area contributed by atoms with Crippen LogP contribution < -0.4 is 0 Å². The van der Waals surface area contributed by atoms with Gasteiger partial charge in [0.2, 0.25) is 0 Å². The fourth-order valence-electron chi connectivity index (χ4n) is 2.13. The molecule has 1 aliphatic rings. The second kappa shape index (κ2) is 5.18. The molecule has 19 heavy (non-hydrogen) atoms. The molecule has 1 aliphatic heterocycles. The Kier molecular flexibility index (Phi) is 3.77. The molecule has 0 aliphatic carbocycles. The van der Waals surface area contributed by atoms with E-state index in [9.17, 15) is 9.18 Å². The smallest absolute Gasteiger partial charge is 0.253 e. The predicted octanol–water partition coefficient (Wildman–Crippen LogP) is 3.24. The van der Waals surface area contributed by atoms with Crippen molar-refractivity contribution in [1.29, 1.82) is 5.26 Å². The van der Waals surface area contributed by atoms with E-state index >= 15 is 0 Å². The summed E-state index contributed by atoms with van der Waals surface area (Å²) in [5.74, 6) is -0.804. The molecule has 2 rings (SSSR count). The maximum atomic E-state index is 13.3. The molecule has 0 aromatic heterocycles. The summed E-state index contributed by atoms with van der Waals surface area (Å²) in [6.45, 7) is 2.94. The normalized spacial score (nSPS) is 17.9. The first-order valence-electron chi connectivity index (χ1n) is 6.11. The Balaban J connectivity index is 2.10. The zero-order valence-corrected chi connectivity index (χ0v) is 11.4. The lowest BCUT2D eigenvalue weighted by Crippen LogP contribution is -2.41. The van der Waals surface area contributed by atoms with E-state index in [0.717, 1.165) is 6.07 Å². The van der Waals surface area contributed by atoms with Crippen molar-refractivity contribution in [2.45, 2.75) is 19.8 Å². The Bertz CT molecular complexity index is 545. The van der Waals surface area contributed by atoms with Crippen molar-refractivity contribution in [2.75, 3.05) is 13.1 Å². The Morgan fingerprint density at radius 1 is 1.47 bits per heavy atom. The van der Waals surface area contributed by atoms with E-state index in [-0.39, 0.29) is 16.3 Å². The van der Waals surface area contributed by atoms with Crippen LogP contribution >= 0.6 is 11.6 Å². The Labute approximate surface area is 116 Å². The lowest BCUT2D eigenvalue weighted by Gasteiger charge is -2.35. The number of amides is 1. The predicted molar refractivity (Wildman–Crippen MR) is 70.3 cm³/mol. The van der Waals surface area contributed by atoms with Crippen molar-refractivity contribution in [2.24, 2.45) is 5.41 Å². The molecule has 0 unspecified atom stereocenters. The quantitative estimate of drug-likeness (QED) is 0.793. The van der Waals surface area contributed by atoms with E-state index < -0.39 is 5.82 Å². The van der Waals surface area contributed by atoms with Crippen LogP contribution in [0.4, 0.5) is 4.39 Å². The number of rotatable bonds is 1. The Morgan fingerprint density at radius 3 is 2.63 bits per heavy atom. The maximum Gasteiger partial charge on any atom is 0.253 e. The molecule has 5 heteroatoms. The number of nitrogens with zero attached hydrogens (tertiary/aromatic N) is 2. The van der Waals surface area contributed by atoms with Gasteiger partial charge in [0.05, 0.1) is 16.5 Å². The standard InChI is InChI=1S/C14H14ClFN2O/c1-14(9-17)4-6-18(7-5-14)13(19)10-2-3-11(15)12(16)8-10/h2-3,8H,4-7H2,1H3. The molecule has 1 heterocycles. The molecular formula is C14H14ClFN2O. The van der Waals surface area contributed by atoms with Gasteiger partial charge < -0.3 is 4.90 Å². The minimum Gasteiger partial charge on any atom is -0.339 e. The number of nitriles is 1. The van der Waals surface area contributed by atoms with Crippen molar-refractivity contribution < 1.29 is 9.18 Å². The zero-order valence-electron chi connectivity index (χ0n) is 10.6. The first kappa shape index (κ1) is 13.8. The van der Waals surface area contributed by atoms with Gasteiger partial charge in [0, 0.05) is 18.7 Å². The maximum absolute atomic E-state index is 13.3. The van der Waals surface area contributed by atoms with Gasteiger partial charge in [0.25, 0.3) is 5.91 Å². The van der Waals surface area contributed by atoms with Gasteiger partial charge in [-0.3, -0.25) is 4.79 Å². The van der Waals surface area contributed by atoms with Crippen molar-refractivity contribution in [3.8, 4) is 6.07 Å². The Hall–Kier alpha value is -1.60. The second-order valence-electron chi connectivity index (χ2n) is 5.09. The highest BCUT2D eigenvalue weighted by Crippen LogP contribution is 2.30. The highest BCUT2D eigenvalue weighted by molar-refractivity contribution is 6.30. The van der Waals surface area contributed by atoms with Gasteiger partial charge in [-0.2, -0.15) is 5.26 Å². The molecule has 0 bridgehead atoms. The first-order valence-corrected chi connectivity index (χ1v) is 6.48. The molecule has 1 saturated heterocycles. The summed E-state index contributed by atoms with van der Waals surface area (Å²) in [6, 6.07) is 6.34. The van der Waals surface area contributed by atoms with Crippen LogP contribution in [0.1, 0.15) is 30.1 Å². The third-order valence-electron chi connectivity index (χ3n) is 3.59. The fourth-order valence-corrected chi connectivity index (χ4v) is 2.24. The molecule has 1 amide bonds. The first-order chi connectivity index (χ1) is 8.95. The molecule has 100 valence electrons. The lowest BCUT2D eigenvalue weighted by molar-refractivity contribution is 0.0661. The summed E-state index contributed by atoms with van der Waals surface area (Å²) in [6.07, 6.45) is 1.29. The molecule has 0 atom stereocenters. The number of piperidine rings is 1. The molecule has 1 fully saturated rings. The molecule has 0 radical (unpaired) electrons. The average Bonchev–Trinajstić information content (AvgIpc) is 2.42. The van der Waals surface area contributed by atoms with Crippen LogP contribution in [-0.2, 0) is 0 Å². The number of hydrogen-bond acceptors (Lipinski definition) is 2. The summed E-state index contributed by atoms with van der Waals surface area (Å²) in [4.78, 5) is 13.9. The molecule has 0 N–H and O–H groups in total. The SMILES string of the molecule is CC1(C#N)CCN(C(=O)c2ccc(Cl)c(F)c2)CC1. The summed E-state index contributed by atoms with van der Waals surface area (Å²) in [7, 11) is 0. The Morgan fingerprint density at radius 2 is 2.11 bits per heavy atom. The third-order valence-corrected chi connectivity index (χ3v) is 3.90. The monoisotopic (exact) mass is 280 g/mol. The van der Waals surface area contributed by atoms with Crippen molar-refractivity contribution in [1.82, 2.24) is 4.90 Å². The van der Waals surface area contributed by atoms with Crippen LogP contribution in [0.3, 0.4) is 0 Å². The largest absolute Gasteiger partial charge is 0.339 e. The van der Waals surface area contributed by atoms with E-state index in [1.165, 1.54) is 12.1 Å². The van der Waals surface area contributed by atoms with Crippen molar-refractivity contribution in [3.63, 3.8) is 0 Å². The number of hydrogen-bond donors (Lipinski definition) is 0. The summed E-state index contributed by atoms with van der Waals surface area (Å²) in [5.41, 5.74) is -0.0652. The van der Waals surface area contributed by atoms with Gasteiger partial charge in [-0.25, -0.2) is 4.39 Å². The molecule has 1 aromatic rings. The highest BCUT2D eigenvalue weighted by Gasteiger charge is 2.32. The van der Waals surface area contributed by atoms with Gasteiger partial charge in [-0.05, 0) is 38.0 Å². The molecule has 3 nitrogen and oxygen atoms in total. The van der Waals surface area contributed by atoms with E-state index in [0.29, 0.717) is 31.5 Å². The topological polar surface area (TPSA) is 44.1 Å². The van der Waals surface area contributed by atoms with E-state index in [1.807, 2.05) is 6.92 Å². The van der Waals surface area contributed by atoms with Crippen LogP contribution in [0, 0.1) is 22.6 Å². The van der Waals surface area contributed by atoms with E-state index in [2.05, 4.69) is 6.07 Å². The van der Waals surface area contributed by atoms with Gasteiger partial charge in [0.1, 0.15) is 5.82 Å². The molecule has 0 spiro atoms. The van der Waals surface area contributed by atoms with Crippen molar-refractivity contribution in [3.05, 3.63) is 34.6 Å². The molecule has 1 aromatic carbocycles. The second-order valence-corrected chi connectivity index (χ2v) is 5.50. The average molecular weight is 281 g/mol. The summed E-state index contributed by atoms with van der Waals surface area (Å²) in [5, 5.41) is 9.05. The number of halogens is 2. The number of carbonyl (C=O) groups is 1. The fraction of sp³-hybridized carbons (Fsp3) is 0.429. The number of benzene rings is 1. The zero-order chi connectivity index (χ0) is 14.0. The molecule has 0 saturated carbocycles. The van der Waals surface area contributed by atoms with E-state index in [4.69, 9.17) is 16.9 Å². The summed E-state index contributed by atoms with van der Waals surface area (Å²) < 4.78 is 13.3. The minimum absolute atomic E-state index is 0.00671. The minimum atomic E-state index is -0.591. The van der Waals surface area contributed by atoms with Crippen LogP contribution in [0.15, 0.2) is 18.2 Å². The van der Waals surface area contributed by atoms with Gasteiger partial charge in [-0.15, -0.1) is 0 Å².